The molecule has 0 unspecified atom stereocenters. The molecule has 1 aliphatic heterocycles. The predicted octanol–water partition coefficient (Wildman–Crippen LogP) is 1.57. The van der Waals surface area contributed by atoms with E-state index in [1.807, 2.05) is 6.92 Å². The van der Waals surface area contributed by atoms with Crippen molar-refractivity contribution in [2.75, 3.05) is 5.32 Å². The van der Waals surface area contributed by atoms with Gasteiger partial charge in [0.25, 0.3) is 11.5 Å². The normalized spacial score (nSPS) is 21.6. The van der Waals surface area contributed by atoms with Gasteiger partial charge in [0.05, 0.1) is 29.0 Å². The number of halogens is 1. The average molecular weight is 291 g/mol. The van der Waals surface area contributed by atoms with Crippen LogP contribution in [0.1, 0.15) is 19.8 Å². The lowest BCUT2D eigenvalue weighted by Crippen LogP contribution is -2.28. The van der Waals surface area contributed by atoms with Crippen LogP contribution >= 0.6 is 0 Å². The van der Waals surface area contributed by atoms with Gasteiger partial charge in [-0.25, -0.2) is 9.37 Å². The molecule has 1 aliphatic rings. The summed E-state index contributed by atoms with van der Waals surface area (Å²) in [5.41, 5.74) is -0.199. The third kappa shape index (κ3) is 2.64. The van der Waals surface area contributed by atoms with Gasteiger partial charge in [-0.3, -0.25) is 9.59 Å². The number of hydrogen-bond donors (Lipinski definition) is 2. The van der Waals surface area contributed by atoms with E-state index in [1.54, 1.807) is 0 Å². The third-order valence-corrected chi connectivity index (χ3v) is 3.51. The Hall–Kier alpha value is -2.28. The van der Waals surface area contributed by atoms with Gasteiger partial charge in [-0.05, 0) is 25.8 Å². The third-order valence-electron chi connectivity index (χ3n) is 3.51. The van der Waals surface area contributed by atoms with Crippen molar-refractivity contribution in [1.29, 1.82) is 0 Å². The van der Waals surface area contributed by atoms with Crippen LogP contribution in [0.25, 0.3) is 10.9 Å². The Morgan fingerprint density at radius 2 is 2.29 bits per heavy atom. The van der Waals surface area contributed by atoms with E-state index in [0.717, 1.165) is 12.5 Å². The molecule has 0 bridgehead atoms. The standard InChI is InChI=1S/C14H14FN3O3/c1-7-2-3-12(21-7)14(20)18-11-4-8-10(5-9(11)15)16-6-17-13(8)19/h4-7,12H,2-3H2,1H3,(H,18,20)(H,16,17,19)/t7-,12+/m0/s1. The van der Waals surface area contributed by atoms with Gasteiger partial charge in [0.1, 0.15) is 11.9 Å². The molecule has 2 atom stereocenters. The second kappa shape index (κ2) is 5.25. The highest BCUT2D eigenvalue weighted by molar-refractivity contribution is 5.96. The first kappa shape index (κ1) is 13.7. The van der Waals surface area contributed by atoms with Crippen LogP contribution in [0.15, 0.2) is 23.3 Å². The Kier molecular flexibility index (Phi) is 3.42. The monoisotopic (exact) mass is 291 g/mol. The number of aromatic amines is 1. The number of anilines is 1. The molecule has 1 aromatic heterocycles. The summed E-state index contributed by atoms with van der Waals surface area (Å²) in [6, 6.07) is 2.41. The Morgan fingerprint density at radius 3 is 3.00 bits per heavy atom. The fourth-order valence-corrected chi connectivity index (χ4v) is 2.39. The minimum absolute atomic E-state index is 0.0224. The van der Waals surface area contributed by atoms with E-state index in [0.29, 0.717) is 6.42 Å². The van der Waals surface area contributed by atoms with Crippen LogP contribution in [0, 0.1) is 5.82 Å². The van der Waals surface area contributed by atoms with Crippen LogP contribution in [0.3, 0.4) is 0 Å². The molecule has 0 radical (unpaired) electrons. The average Bonchev–Trinajstić information content (AvgIpc) is 2.87. The minimum Gasteiger partial charge on any atom is -0.365 e. The zero-order valence-corrected chi connectivity index (χ0v) is 11.4. The summed E-state index contributed by atoms with van der Waals surface area (Å²) in [6.45, 7) is 1.88. The summed E-state index contributed by atoms with van der Waals surface area (Å²) in [5.74, 6) is -1.04. The molecule has 1 aromatic carbocycles. The first-order chi connectivity index (χ1) is 10.0. The quantitative estimate of drug-likeness (QED) is 0.879. The molecule has 2 aromatic rings. The van der Waals surface area contributed by atoms with Gasteiger partial charge in [0.15, 0.2) is 0 Å². The number of hydrogen-bond acceptors (Lipinski definition) is 4. The Morgan fingerprint density at radius 1 is 1.48 bits per heavy atom. The van der Waals surface area contributed by atoms with Crippen molar-refractivity contribution in [3.63, 3.8) is 0 Å². The molecular weight excluding hydrogens is 277 g/mol. The molecule has 0 spiro atoms. The van der Waals surface area contributed by atoms with Crippen molar-refractivity contribution in [3.05, 3.63) is 34.6 Å². The van der Waals surface area contributed by atoms with E-state index in [1.165, 1.54) is 12.4 Å². The van der Waals surface area contributed by atoms with Crippen LogP contribution in [0.4, 0.5) is 10.1 Å². The molecular formula is C14H14FN3O3. The molecule has 1 fully saturated rings. The van der Waals surface area contributed by atoms with Crippen LogP contribution in [0.2, 0.25) is 0 Å². The van der Waals surface area contributed by atoms with E-state index in [4.69, 9.17) is 4.74 Å². The van der Waals surface area contributed by atoms with Gasteiger partial charge < -0.3 is 15.0 Å². The van der Waals surface area contributed by atoms with E-state index < -0.39 is 17.8 Å². The van der Waals surface area contributed by atoms with Crippen LogP contribution in [-0.4, -0.2) is 28.1 Å². The maximum Gasteiger partial charge on any atom is 0.258 e. The zero-order chi connectivity index (χ0) is 15.0. The van der Waals surface area contributed by atoms with Crippen LogP contribution < -0.4 is 10.9 Å². The number of nitrogens with zero attached hydrogens (tertiary/aromatic N) is 1. The summed E-state index contributed by atoms with van der Waals surface area (Å²) in [5, 5.41) is 2.69. The number of fused-ring (bicyclic) bond motifs is 1. The number of nitrogens with one attached hydrogen (secondary N) is 2. The lowest BCUT2D eigenvalue weighted by atomic mass is 10.1. The van der Waals surface area contributed by atoms with Crippen molar-refractivity contribution in [3.8, 4) is 0 Å². The molecule has 21 heavy (non-hydrogen) atoms. The van der Waals surface area contributed by atoms with Crippen molar-refractivity contribution < 1.29 is 13.9 Å². The second-order valence-corrected chi connectivity index (χ2v) is 5.08. The summed E-state index contributed by atoms with van der Waals surface area (Å²) in [6.07, 6.45) is 2.04. The van der Waals surface area contributed by atoms with Crippen molar-refractivity contribution in [2.45, 2.75) is 32.0 Å². The van der Waals surface area contributed by atoms with E-state index in [2.05, 4.69) is 15.3 Å². The first-order valence-electron chi connectivity index (χ1n) is 6.68. The summed E-state index contributed by atoms with van der Waals surface area (Å²) in [7, 11) is 0. The van der Waals surface area contributed by atoms with Gasteiger partial charge in [0.2, 0.25) is 0 Å². The first-order valence-corrected chi connectivity index (χ1v) is 6.68. The number of carbonyl (C=O) groups is 1. The van der Waals surface area contributed by atoms with Crippen LogP contribution in [-0.2, 0) is 9.53 Å². The molecule has 1 amide bonds. The van der Waals surface area contributed by atoms with Crippen molar-refractivity contribution in [2.24, 2.45) is 0 Å². The molecule has 3 rings (SSSR count). The summed E-state index contributed by atoms with van der Waals surface area (Å²) < 4.78 is 19.4. The fraction of sp³-hybridized carbons (Fsp3) is 0.357. The molecule has 0 aliphatic carbocycles. The Balaban J connectivity index is 1.90. The topological polar surface area (TPSA) is 84.1 Å². The smallest absolute Gasteiger partial charge is 0.258 e. The highest BCUT2D eigenvalue weighted by atomic mass is 19.1. The summed E-state index contributed by atoms with van der Waals surface area (Å²) >= 11 is 0. The summed E-state index contributed by atoms with van der Waals surface area (Å²) in [4.78, 5) is 30.0. The highest BCUT2D eigenvalue weighted by Gasteiger charge is 2.28. The Labute approximate surface area is 119 Å². The van der Waals surface area contributed by atoms with Gasteiger partial charge in [-0.15, -0.1) is 0 Å². The molecule has 0 saturated carbocycles. The SMILES string of the molecule is C[C@H]1CC[C@H](C(=O)Nc2cc3c(=O)[nH]cnc3cc2F)O1. The predicted molar refractivity (Wildman–Crippen MR) is 74.5 cm³/mol. The van der Waals surface area contributed by atoms with E-state index in [-0.39, 0.29) is 28.3 Å². The fourth-order valence-electron chi connectivity index (χ4n) is 2.39. The molecule has 1 saturated heterocycles. The lowest BCUT2D eigenvalue weighted by Gasteiger charge is -2.12. The Bertz CT molecular complexity index is 759. The van der Waals surface area contributed by atoms with Gasteiger partial charge >= 0.3 is 0 Å². The molecule has 2 heterocycles. The van der Waals surface area contributed by atoms with Gasteiger partial charge in [0, 0.05) is 6.07 Å². The molecule has 2 N–H and O–H groups in total. The number of amides is 1. The van der Waals surface area contributed by atoms with Crippen LogP contribution in [0.5, 0.6) is 0 Å². The number of aromatic nitrogens is 2. The minimum atomic E-state index is -0.639. The van der Waals surface area contributed by atoms with Crippen molar-refractivity contribution in [1.82, 2.24) is 9.97 Å². The molecule has 110 valence electrons. The lowest BCUT2D eigenvalue weighted by molar-refractivity contribution is -0.126. The largest absolute Gasteiger partial charge is 0.365 e. The number of benzene rings is 1. The second-order valence-electron chi connectivity index (χ2n) is 5.08. The number of H-pyrrole nitrogens is 1. The maximum absolute atomic E-state index is 14.0. The highest BCUT2D eigenvalue weighted by Crippen LogP contribution is 2.23. The number of ether oxygens (including phenoxy) is 1. The van der Waals surface area contributed by atoms with E-state index >= 15 is 0 Å². The van der Waals surface area contributed by atoms with Gasteiger partial charge in [-0.2, -0.15) is 0 Å². The van der Waals surface area contributed by atoms with Gasteiger partial charge in [-0.1, -0.05) is 0 Å². The van der Waals surface area contributed by atoms with Crippen molar-refractivity contribution >= 4 is 22.5 Å². The van der Waals surface area contributed by atoms with E-state index in [9.17, 15) is 14.0 Å². The number of rotatable bonds is 2. The molecule has 6 nitrogen and oxygen atoms in total. The maximum atomic E-state index is 14.0. The molecule has 7 heteroatoms. The zero-order valence-electron chi connectivity index (χ0n) is 11.4. The number of carbonyl (C=O) groups excluding carboxylic acids is 1.